The number of halogens is 2. The second kappa shape index (κ2) is 4.89. The zero-order valence-electron chi connectivity index (χ0n) is 9.66. The molecule has 1 aliphatic carbocycles. The molecule has 0 unspecified atom stereocenters. The molecular weight excluding hydrogens is 242 g/mol. The monoisotopic (exact) mass is 256 g/mol. The summed E-state index contributed by atoms with van der Waals surface area (Å²) in [7, 11) is 0. The van der Waals surface area contributed by atoms with Crippen LogP contribution in [0.25, 0.3) is 0 Å². The van der Waals surface area contributed by atoms with Gasteiger partial charge in [0.05, 0.1) is 5.41 Å². The van der Waals surface area contributed by atoms with Crippen LogP contribution < -0.4 is 15.8 Å². The molecule has 98 valence electrons. The van der Waals surface area contributed by atoms with Crippen LogP contribution in [0.15, 0.2) is 24.3 Å². The third kappa shape index (κ3) is 2.76. The molecule has 1 amide bonds. The average Bonchev–Trinajstić information content (AvgIpc) is 3.09. The maximum atomic E-state index is 12.0. The first-order chi connectivity index (χ1) is 8.55. The highest BCUT2D eigenvalue weighted by atomic mass is 19.3. The Labute approximate surface area is 103 Å². The summed E-state index contributed by atoms with van der Waals surface area (Å²) < 4.78 is 28.3. The van der Waals surface area contributed by atoms with Gasteiger partial charge in [-0.2, -0.15) is 8.78 Å². The topological polar surface area (TPSA) is 64.4 Å². The third-order valence-electron chi connectivity index (χ3n) is 3.04. The van der Waals surface area contributed by atoms with Gasteiger partial charge in [-0.15, -0.1) is 0 Å². The lowest BCUT2D eigenvalue weighted by molar-refractivity contribution is -0.120. The molecule has 1 aromatic carbocycles. The lowest BCUT2D eigenvalue weighted by Gasteiger charge is -2.13. The fourth-order valence-corrected chi connectivity index (χ4v) is 1.69. The third-order valence-corrected chi connectivity index (χ3v) is 3.04. The highest BCUT2D eigenvalue weighted by Gasteiger charge is 2.48. The lowest BCUT2D eigenvalue weighted by atomic mass is 10.1. The second-order valence-electron chi connectivity index (χ2n) is 4.34. The molecule has 0 aromatic heterocycles. The van der Waals surface area contributed by atoms with E-state index in [1.54, 1.807) is 6.07 Å². The first kappa shape index (κ1) is 12.8. The van der Waals surface area contributed by atoms with Crippen molar-refractivity contribution in [1.29, 1.82) is 0 Å². The number of rotatable bonds is 5. The molecule has 0 bridgehead atoms. The van der Waals surface area contributed by atoms with Crippen molar-refractivity contribution in [1.82, 2.24) is 0 Å². The number of carbonyl (C=O) groups is 1. The van der Waals surface area contributed by atoms with Gasteiger partial charge in [0.1, 0.15) is 5.75 Å². The minimum absolute atomic E-state index is 0.0143. The van der Waals surface area contributed by atoms with E-state index < -0.39 is 12.0 Å². The number of alkyl halides is 2. The van der Waals surface area contributed by atoms with Crippen LogP contribution in [0.2, 0.25) is 0 Å². The summed E-state index contributed by atoms with van der Waals surface area (Å²) in [6.07, 6.45) is 1.53. The summed E-state index contributed by atoms with van der Waals surface area (Å²) in [5, 5.41) is 2.67. The van der Waals surface area contributed by atoms with E-state index in [9.17, 15) is 13.6 Å². The minimum Gasteiger partial charge on any atom is -0.435 e. The van der Waals surface area contributed by atoms with E-state index >= 15 is 0 Å². The van der Waals surface area contributed by atoms with Crippen LogP contribution in [0.4, 0.5) is 14.5 Å². The second-order valence-corrected chi connectivity index (χ2v) is 4.34. The summed E-state index contributed by atoms with van der Waals surface area (Å²) >= 11 is 0. The van der Waals surface area contributed by atoms with E-state index in [-0.39, 0.29) is 11.7 Å². The number of carbonyl (C=O) groups excluding carboxylic acids is 1. The van der Waals surface area contributed by atoms with Gasteiger partial charge >= 0.3 is 6.61 Å². The fourth-order valence-electron chi connectivity index (χ4n) is 1.69. The van der Waals surface area contributed by atoms with Gasteiger partial charge in [-0.1, -0.05) is 6.07 Å². The van der Waals surface area contributed by atoms with E-state index in [4.69, 9.17) is 5.73 Å². The summed E-state index contributed by atoms with van der Waals surface area (Å²) in [4.78, 5) is 11.9. The Morgan fingerprint density at radius 3 is 2.78 bits per heavy atom. The van der Waals surface area contributed by atoms with Crippen molar-refractivity contribution in [2.24, 2.45) is 11.1 Å². The van der Waals surface area contributed by atoms with Crippen LogP contribution in [0, 0.1) is 5.41 Å². The molecule has 4 nitrogen and oxygen atoms in total. The number of nitrogens with one attached hydrogen (secondary N) is 1. The molecule has 18 heavy (non-hydrogen) atoms. The zero-order valence-corrected chi connectivity index (χ0v) is 9.66. The van der Waals surface area contributed by atoms with Gasteiger partial charge in [-0.05, 0) is 25.0 Å². The Morgan fingerprint density at radius 2 is 2.22 bits per heavy atom. The number of nitrogens with two attached hydrogens (primary N) is 1. The summed E-state index contributed by atoms with van der Waals surface area (Å²) in [5.74, 6) is -0.153. The molecule has 1 aromatic rings. The number of ether oxygens (including phenoxy) is 1. The van der Waals surface area contributed by atoms with Crippen LogP contribution in [0.1, 0.15) is 12.8 Å². The van der Waals surface area contributed by atoms with Crippen molar-refractivity contribution in [3.05, 3.63) is 24.3 Å². The molecular formula is C12H14F2N2O2. The van der Waals surface area contributed by atoms with Gasteiger partial charge in [0.15, 0.2) is 0 Å². The molecule has 0 atom stereocenters. The molecule has 1 saturated carbocycles. The van der Waals surface area contributed by atoms with E-state index in [1.165, 1.54) is 18.2 Å². The first-order valence-electron chi connectivity index (χ1n) is 5.62. The largest absolute Gasteiger partial charge is 0.435 e. The number of hydrogen-bond acceptors (Lipinski definition) is 3. The number of anilines is 1. The maximum absolute atomic E-state index is 12.0. The quantitative estimate of drug-likeness (QED) is 0.846. The molecule has 0 radical (unpaired) electrons. The van der Waals surface area contributed by atoms with E-state index in [2.05, 4.69) is 10.1 Å². The van der Waals surface area contributed by atoms with Crippen molar-refractivity contribution >= 4 is 11.6 Å². The van der Waals surface area contributed by atoms with Crippen LogP contribution in [-0.2, 0) is 4.79 Å². The van der Waals surface area contributed by atoms with Gasteiger partial charge in [-0.3, -0.25) is 4.79 Å². The minimum atomic E-state index is -2.88. The van der Waals surface area contributed by atoms with Crippen molar-refractivity contribution in [2.75, 3.05) is 11.9 Å². The Morgan fingerprint density at radius 1 is 1.50 bits per heavy atom. The summed E-state index contributed by atoms with van der Waals surface area (Å²) in [6.45, 7) is -2.58. The molecule has 0 heterocycles. The lowest BCUT2D eigenvalue weighted by Crippen LogP contribution is -2.30. The van der Waals surface area contributed by atoms with Crippen molar-refractivity contribution < 1.29 is 18.3 Å². The standard InChI is InChI=1S/C12H14F2N2O2/c13-11(14)18-9-3-1-2-8(6-9)16-10(17)12(7-15)4-5-12/h1-3,6,11H,4-5,7,15H2,(H,16,17). The van der Waals surface area contributed by atoms with Crippen LogP contribution in [-0.4, -0.2) is 19.1 Å². The normalized spacial score (nSPS) is 16.4. The van der Waals surface area contributed by atoms with E-state index in [0.29, 0.717) is 12.2 Å². The Kier molecular flexibility index (Phi) is 3.47. The number of benzene rings is 1. The van der Waals surface area contributed by atoms with Crippen LogP contribution >= 0.6 is 0 Å². The van der Waals surface area contributed by atoms with Gasteiger partial charge in [0.25, 0.3) is 0 Å². The van der Waals surface area contributed by atoms with Crippen molar-refractivity contribution in [3.8, 4) is 5.75 Å². The van der Waals surface area contributed by atoms with E-state index in [1.807, 2.05) is 0 Å². The SMILES string of the molecule is NCC1(C(=O)Nc2cccc(OC(F)F)c2)CC1. The highest BCUT2D eigenvalue weighted by molar-refractivity contribution is 5.97. The first-order valence-corrected chi connectivity index (χ1v) is 5.62. The van der Waals surface area contributed by atoms with Gasteiger partial charge in [0.2, 0.25) is 5.91 Å². The predicted octanol–water partition coefficient (Wildman–Crippen LogP) is 1.97. The smallest absolute Gasteiger partial charge is 0.387 e. The maximum Gasteiger partial charge on any atom is 0.387 e. The molecule has 3 N–H and O–H groups in total. The fraction of sp³-hybridized carbons (Fsp3) is 0.417. The molecule has 0 aliphatic heterocycles. The average molecular weight is 256 g/mol. The summed E-state index contributed by atoms with van der Waals surface area (Å²) in [5.41, 5.74) is 5.49. The van der Waals surface area contributed by atoms with Crippen molar-refractivity contribution in [2.45, 2.75) is 19.5 Å². The Hall–Kier alpha value is -1.69. The molecule has 6 heteroatoms. The number of amides is 1. The van der Waals surface area contributed by atoms with Crippen molar-refractivity contribution in [3.63, 3.8) is 0 Å². The van der Waals surface area contributed by atoms with E-state index in [0.717, 1.165) is 12.8 Å². The predicted molar refractivity (Wildman–Crippen MR) is 62.4 cm³/mol. The van der Waals surface area contributed by atoms with Gasteiger partial charge in [0, 0.05) is 18.3 Å². The summed E-state index contributed by atoms with van der Waals surface area (Å²) in [6, 6.07) is 5.91. The Balaban J connectivity index is 2.03. The van der Waals surface area contributed by atoms with Crippen LogP contribution in [0.5, 0.6) is 5.75 Å². The molecule has 0 saturated heterocycles. The number of hydrogen-bond donors (Lipinski definition) is 2. The highest BCUT2D eigenvalue weighted by Crippen LogP contribution is 2.45. The molecule has 1 fully saturated rings. The zero-order chi connectivity index (χ0) is 13.2. The molecule has 2 rings (SSSR count). The van der Waals surface area contributed by atoms with Gasteiger partial charge in [-0.25, -0.2) is 0 Å². The molecule has 1 aliphatic rings. The molecule has 0 spiro atoms. The van der Waals surface area contributed by atoms with Crippen LogP contribution in [0.3, 0.4) is 0 Å². The Bertz CT molecular complexity index is 447. The van der Waals surface area contributed by atoms with Gasteiger partial charge < -0.3 is 15.8 Å².